The number of nitrogens with one attached hydrogen (secondary N) is 1. The zero-order valence-corrected chi connectivity index (χ0v) is 18.6. The number of likely N-dealkylation sites (tertiary alicyclic amines) is 1. The Morgan fingerprint density at radius 1 is 0.938 bits per heavy atom. The van der Waals surface area contributed by atoms with Crippen molar-refractivity contribution in [3.63, 3.8) is 0 Å². The van der Waals surface area contributed by atoms with Crippen LogP contribution in [0, 0.1) is 18.7 Å². The number of anilines is 2. The fourth-order valence-corrected chi connectivity index (χ4v) is 4.50. The predicted octanol–water partition coefficient (Wildman–Crippen LogP) is 4.12. The number of hydrogen-bond acceptors (Lipinski definition) is 3. The van der Waals surface area contributed by atoms with Crippen LogP contribution in [0.1, 0.15) is 24.8 Å². The standard InChI is InChI=1S/C25H31FN4O2/c1-19-4-8-22(9-5-19)27-25(32)30-12-2-3-20(18-30)17-24(31)29-15-13-28(14-16-29)23-10-6-21(26)7-11-23/h4-11,20H,2-3,12-18H2,1H3,(H,27,32)/t20-/m0/s1. The Kier molecular flexibility index (Phi) is 6.93. The molecule has 2 heterocycles. The predicted molar refractivity (Wildman–Crippen MR) is 124 cm³/mol. The second kappa shape index (κ2) is 10.0. The summed E-state index contributed by atoms with van der Waals surface area (Å²) >= 11 is 0. The van der Waals surface area contributed by atoms with E-state index in [1.165, 1.54) is 12.1 Å². The molecule has 0 saturated carbocycles. The number of piperidine rings is 1. The van der Waals surface area contributed by atoms with E-state index in [0.29, 0.717) is 26.1 Å². The molecule has 3 amide bonds. The monoisotopic (exact) mass is 438 g/mol. The smallest absolute Gasteiger partial charge is 0.321 e. The van der Waals surface area contributed by atoms with Crippen molar-refractivity contribution in [3.05, 3.63) is 59.9 Å². The lowest BCUT2D eigenvalue weighted by molar-refractivity contribution is -0.132. The summed E-state index contributed by atoms with van der Waals surface area (Å²) in [5.41, 5.74) is 2.93. The summed E-state index contributed by atoms with van der Waals surface area (Å²) in [5, 5.41) is 2.96. The molecule has 4 rings (SSSR count). The van der Waals surface area contributed by atoms with Gasteiger partial charge in [0.1, 0.15) is 5.82 Å². The molecule has 0 aromatic heterocycles. The molecule has 2 aromatic rings. The Labute approximate surface area is 189 Å². The largest absolute Gasteiger partial charge is 0.368 e. The first kappa shape index (κ1) is 22.1. The molecule has 0 spiro atoms. The van der Waals surface area contributed by atoms with E-state index in [2.05, 4.69) is 10.2 Å². The number of hydrogen-bond donors (Lipinski definition) is 1. The topological polar surface area (TPSA) is 55.9 Å². The van der Waals surface area contributed by atoms with Crippen LogP contribution < -0.4 is 10.2 Å². The van der Waals surface area contributed by atoms with Crippen LogP contribution in [0.15, 0.2) is 48.5 Å². The van der Waals surface area contributed by atoms with Gasteiger partial charge in [0.05, 0.1) is 0 Å². The van der Waals surface area contributed by atoms with Crippen LogP contribution in [0.25, 0.3) is 0 Å². The fraction of sp³-hybridized carbons (Fsp3) is 0.440. The Balaban J connectivity index is 1.25. The van der Waals surface area contributed by atoms with Crippen molar-refractivity contribution < 1.29 is 14.0 Å². The van der Waals surface area contributed by atoms with E-state index in [-0.39, 0.29) is 23.7 Å². The molecule has 6 nitrogen and oxygen atoms in total. The van der Waals surface area contributed by atoms with E-state index < -0.39 is 0 Å². The van der Waals surface area contributed by atoms with Crippen molar-refractivity contribution in [2.75, 3.05) is 49.5 Å². The summed E-state index contributed by atoms with van der Waals surface area (Å²) in [6.07, 6.45) is 2.36. The molecule has 0 unspecified atom stereocenters. The number of piperazine rings is 1. The number of carbonyl (C=O) groups excluding carboxylic acids is 2. The molecule has 0 bridgehead atoms. The van der Waals surface area contributed by atoms with E-state index >= 15 is 0 Å². The van der Waals surface area contributed by atoms with E-state index in [1.54, 1.807) is 12.1 Å². The normalized spacial score (nSPS) is 19.1. The lowest BCUT2D eigenvalue weighted by atomic mass is 9.94. The zero-order valence-electron chi connectivity index (χ0n) is 18.6. The molecular formula is C25H31FN4O2. The van der Waals surface area contributed by atoms with Crippen LogP contribution in [0.5, 0.6) is 0 Å². The second-order valence-electron chi connectivity index (χ2n) is 8.80. The van der Waals surface area contributed by atoms with Crippen LogP contribution in [-0.2, 0) is 4.79 Å². The van der Waals surface area contributed by atoms with Gasteiger partial charge in [0.15, 0.2) is 0 Å². The third-order valence-electron chi connectivity index (χ3n) is 6.40. The van der Waals surface area contributed by atoms with Crippen LogP contribution in [0.2, 0.25) is 0 Å². The molecule has 1 atom stereocenters. The molecule has 7 heteroatoms. The van der Waals surface area contributed by atoms with E-state index in [9.17, 15) is 14.0 Å². The minimum absolute atomic E-state index is 0.0982. The van der Waals surface area contributed by atoms with Gasteiger partial charge in [0.25, 0.3) is 0 Å². The molecule has 2 aliphatic heterocycles. The van der Waals surface area contributed by atoms with Crippen molar-refractivity contribution in [3.8, 4) is 0 Å². The van der Waals surface area contributed by atoms with E-state index in [0.717, 1.165) is 49.4 Å². The summed E-state index contributed by atoms with van der Waals surface area (Å²) in [5.74, 6) is 0.112. The summed E-state index contributed by atoms with van der Waals surface area (Å²) < 4.78 is 13.1. The molecule has 170 valence electrons. The van der Waals surface area contributed by atoms with Gasteiger partial charge >= 0.3 is 6.03 Å². The zero-order chi connectivity index (χ0) is 22.5. The van der Waals surface area contributed by atoms with Crippen molar-refractivity contribution >= 4 is 23.3 Å². The van der Waals surface area contributed by atoms with E-state index in [4.69, 9.17) is 0 Å². The molecule has 2 aromatic carbocycles. The third kappa shape index (κ3) is 5.58. The lowest BCUT2D eigenvalue weighted by Crippen LogP contribution is -2.50. The van der Waals surface area contributed by atoms with Gasteiger partial charge in [-0.3, -0.25) is 4.79 Å². The van der Waals surface area contributed by atoms with E-state index in [1.807, 2.05) is 41.0 Å². The van der Waals surface area contributed by atoms with Gasteiger partial charge in [0, 0.05) is 57.1 Å². The van der Waals surface area contributed by atoms with Gasteiger partial charge in [-0.05, 0) is 62.1 Å². The van der Waals surface area contributed by atoms with Crippen molar-refractivity contribution in [1.29, 1.82) is 0 Å². The van der Waals surface area contributed by atoms with Crippen LogP contribution in [-0.4, -0.2) is 61.0 Å². The molecule has 2 saturated heterocycles. The second-order valence-corrected chi connectivity index (χ2v) is 8.80. The molecule has 1 N–H and O–H groups in total. The van der Waals surface area contributed by atoms with Crippen LogP contribution in [0.4, 0.5) is 20.6 Å². The molecule has 2 fully saturated rings. The first-order chi connectivity index (χ1) is 15.5. The number of halogens is 1. The molecular weight excluding hydrogens is 407 g/mol. The number of amides is 3. The third-order valence-corrected chi connectivity index (χ3v) is 6.40. The van der Waals surface area contributed by atoms with Crippen LogP contribution in [0.3, 0.4) is 0 Å². The maximum Gasteiger partial charge on any atom is 0.321 e. The highest BCUT2D eigenvalue weighted by atomic mass is 19.1. The first-order valence-electron chi connectivity index (χ1n) is 11.4. The minimum Gasteiger partial charge on any atom is -0.368 e. The van der Waals surface area contributed by atoms with Crippen molar-refractivity contribution in [2.24, 2.45) is 5.92 Å². The molecule has 32 heavy (non-hydrogen) atoms. The SMILES string of the molecule is Cc1ccc(NC(=O)N2CCC[C@@H](CC(=O)N3CCN(c4ccc(F)cc4)CC3)C2)cc1. The summed E-state index contributed by atoms with van der Waals surface area (Å²) in [6.45, 7) is 6.17. The van der Waals surface area contributed by atoms with Gasteiger partial charge in [0.2, 0.25) is 5.91 Å². The van der Waals surface area contributed by atoms with Gasteiger partial charge in [-0.1, -0.05) is 17.7 Å². The minimum atomic E-state index is -0.239. The van der Waals surface area contributed by atoms with Gasteiger partial charge < -0.3 is 20.0 Å². The fourth-order valence-electron chi connectivity index (χ4n) is 4.50. The average molecular weight is 439 g/mol. The maximum absolute atomic E-state index is 13.1. The van der Waals surface area contributed by atoms with Gasteiger partial charge in [-0.15, -0.1) is 0 Å². The number of carbonyl (C=O) groups is 2. The Morgan fingerprint density at radius 2 is 1.62 bits per heavy atom. The molecule has 2 aliphatic rings. The maximum atomic E-state index is 13.1. The Bertz CT molecular complexity index is 924. The molecule has 0 aliphatic carbocycles. The summed E-state index contributed by atoms with van der Waals surface area (Å²) in [7, 11) is 0. The Hall–Kier alpha value is -3.09. The first-order valence-corrected chi connectivity index (χ1v) is 11.4. The number of rotatable bonds is 4. The number of benzene rings is 2. The number of nitrogens with zero attached hydrogens (tertiary/aromatic N) is 3. The highest BCUT2D eigenvalue weighted by Gasteiger charge is 2.28. The highest BCUT2D eigenvalue weighted by molar-refractivity contribution is 5.89. The number of aryl methyl sites for hydroxylation is 1. The number of urea groups is 1. The quantitative estimate of drug-likeness (QED) is 0.781. The lowest BCUT2D eigenvalue weighted by Gasteiger charge is -2.38. The van der Waals surface area contributed by atoms with Gasteiger partial charge in [-0.25, -0.2) is 9.18 Å². The van der Waals surface area contributed by atoms with Crippen molar-refractivity contribution in [1.82, 2.24) is 9.80 Å². The van der Waals surface area contributed by atoms with Crippen molar-refractivity contribution in [2.45, 2.75) is 26.2 Å². The summed E-state index contributed by atoms with van der Waals surface area (Å²) in [4.78, 5) is 31.5. The highest BCUT2D eigenvalue weighted by Crippen LogP contribution is 2.23. The Morgan fingerprint density at radius 3 is 2.31 bits per heavy atom. The summed E-state index contributed by atoms with van der Waals surface area (Å²) in [6, 6.07) is 14.2. The van der Waals surface area contributed by atoms with Gasteiger partial charge in [-0.2, -0.15) is 0 Å². The van der Waals surface area contributed by atoms with Crippen LogP contribution >= 0.6 is 0 Å². The average Bonchev–Trinajstić information content (AvgIpc) is 2.81. The molecule has 0 radical (unpaired) electrons.